The number of rotatable bonds is 14. The molecular formula is C25H33BN4O5. The third kappa shape index (κ3) is 9.62. The van der Waals surface area contributed by atoms with E-state index in [1.165, 1.54) is 0 Å². The Morgan fingerprint density at radius 1 is 0.886 bits per heavy atom. The van der Waals surface area contributed by atoms with Crippen molar-refractivity contribution in [2.75, 3.05) is 13.1 Å². The van der Waals surface area contributed by atoms with Crippen molar-refractivity contribution in [2.45, 2.75) is 44.1 Å². The van der Waals surface area contributed by atoms with Gasteiger partial charge in [-0.2, -0.15) is 0 Å². The molecule has 2 aromatic carbocycles. The molecular weight excluding hydrogens is 447 g/mol. The second kappa shape index (κ2) is 14.6. The minimum Gasteiger partial charge on any atom is -0.480 e. The number of aliphatic carboxylic acids is 1. The molecule has 0 heterocycles. The average molecular weight is 480 g/mol. The van der Waals surface area contributed by atoms with Crippen LogP contribution >= 0.6 is 0 Å². The molecule has 0 saturated heterocycles. The van der Waals surface area contributed by atoms with Crippen molar-refractivity contribution in [2.24, 2.45) is 5.73 Å². The van der Waals surface area contributed by atoms with Crippen LogP contribution in [0, 0.1) is 0 Å². The Hall–Kier alpha value is -3.66. The predicted octanol–water partition coefficient (Wildman–Crippen LogP) is -0.0246. The summed E-state index contributed by atoms with van der Waals surface area (Å²) in [6.07, 6.45) is 2.53. The number of hydrogen-bond donors (Lipinski definition) is 5. The van der Waals surface area contributed by atoms with E-state index in [0.717, 1.165) is 17.4 Å². The Labute approximate surface area is 206 Å². The van der Waals surface area contributed by atoms with Crippen molar-refractivity contribution < 1.29 is 24.3 Å². The number of nitrogens with one attached hydrogen (secondary N) is 3. The van der Waals surface area contributed by atoms with Gasteiger partial charge in [0.15, 0.2) is 0 Å². The molecule has 0 aromatic heterocycles. The highest BCUT2D eigenvalue weighted by Crippen LogP contribution is 2.08. The summed E-state index contributed by atoms with van der Waals surface area (Å²) >= 11 is 0. The monoisotopic (exact) mass is 480 g/mol. The van der Waals surface area contributed by atoms with Gasteiger partial charge in [-0.15, -0.1) is 0 Å². The summed E-state index contributed by atoms with van der Waals surface area (Å²) in [4.78, 5) is 49.4. The fourth-order valence-electron chi connectivity index (χ4n) is 3.48. The van der Waals surface area contributed by atoms with Gasteiger partial charge < -0.3 is 26.8 Å². The fourth-order valence-corrected chi connectivity index (χ4v) is 3.48. The van der Waals surface area contributed by atoms with E-state index in [9.17, 15) is 24.3 Å². The van der Waals surface area contributed by atoms with Gasteiger partial charge in [0.05, 0.1) is 6.54 Å². The van der Waals surface area contributed by atoms with Gasteiger partial charge in [-0.25, -0.2) is 4.79 Å². The number of unbranched alkanes of at least 4 members (excludes halogenated alkanes) is 1. The van der Waals surface area contributed by atoms with Gasteiger partial charge in [0.25, 0.3) is 5.91 Å². The Morgan fingerprint density at radius 2 is 1.57 bits per heavy atom. The first-order chi connectivity index (χ1) is 16.8. The molecule has 2 atom stereocenters. The molecule has 2 rings (SSSR count). The Morgan fingerprint density at radius 3 is 2.17 bits per heavy atom. The maximum absolute atomic E-state index is 12.9. The first kappa shape index (κ1) is 27.6. The second-order valence-electron chi connectivity index (χ2n) is 8.23. The van der Waals surface area contributed by atoms with E-state index in [-0.39, 0.29) is 12.8 Å². The van der Waals surface area contributed by atoms with E-state index >= 15 is 0 Å². The highest BCUT2D eigenvalue weighted by atomic mass is 16.4. The molecule has 0 aliphatic rings. The number of carbonyl (C=O) groups is 4. The Balaban J connectivity index is 2.02. The number of nitrogens with two attached hydrogens (primary N) is 1. The zero-order valence-electron chi connectivity index (χ0n) is 20.0. The van der Waals surface area contributed by atoms with Crippen molar-refractivity contribution in [3.8, 4) is 0 Å². The van der Waals surface area contributed by atoms with Crippen LogP contribution in [-0.2, 0) is 27.1 Å². The molecule has 2 unspecified atom stereocenters. The molecule has 0 aliphatic carbocycles. The standard InChI is InChI=1S/C25H33BN4O5/c26-15-18-9-11-19(12-10-18)23(32)30-21(14-17-6-2-1-3-7-17)24(33)28-16-22(31)29-20(25(34)35)8-4-5-13-27/h1-3,6-7,9-12,20-21H,4-5,8,13-16,26-27H2,(H,28,33)(H,29,31)(H,30,32)(H,34,35). The molecule has 3 amide bonds. The highest BCUT2D eigenvalue weighted by Gasteiger charge is 2.24. The van der Waals surface area contributed by atoms with Crippen LogP contribution in [0.25, 0.3) is 0 Å². The van der Waals surface area contributed by atoms with Crippen LogP contribution in [0.3, 0.4) is 0 Å². The zero-order chi connectivity index (χ0) is 25.6. The molecule has 10 heteroatoms. The number of hydrogen-bond acceptors (Lipinski definition) is 5. The summed E-state index contributed by atoms with van der Waals surface area (Å²) in [6, 6.07) is 14.3. The number of carboxylic acid groups (broad SMARTS) is 1. The van der Waals surface area contributed by atoms with Gasteiger partial charge in [0, 0.05) is 12.0 Å². The van der Waals surface area contributed by atoms with Gasteiger partial charge in [0.2, 0.25) is 11.8 Å². The topological polar surface area (TPSA) is 151 Å². The third-order valence-electron chi connectivity index (χ3n) is 5.53. The summed E-state index contributed by atoms with van der Waals surface area (Å²) in [5.74, 6) is -2.72. The van der Waals surface area contributed by atoms with Crippen molar-refractivity contribution in [1.29, 1.82) is 0 Å². The van der Waals surface area contributed by atoms with Crippen molar-refractivity contribution >= 4 is 31.5 Å². The molecule has 0 bridgehead atoms. The lowest BCUT2D eigenvalue weighted by Crippen LogP contribution is -2.51. The average Bonchev–Trinajstić information content (AvgIpc) is 2.86. The predicted molar refractivity (Wildman–Crippen MR) is 136 cm³/mol. The van der Waals surface area contributed by atoms with E-state index in [0.29, 0.717) is 24.9 Å². The van der Waals surface area contributed by atoms with E-state index < -0.39 is 42.3 Å². The third-order valence-corrected chi connectivity index (χ3v) is 5.53. The number of benzene rings is 2. The van der Waals surface area contributed by atoms with Crippen molar-refractivity contribution in [3.63, 3.8) is 0 Å². The van der Waals surface area contributed by atoms with Crippen LogP contribution in [-0.4, -0.2) is 61.8 Å². The SMILES string of the molecule is BCc1ccc(C(=O)NC(Cc2ccccc2)C(=O)NCC(=O)NC(CCCCN)C(=O)O)cc1. The van der Waals surface area contributed by atoms with E-state index in [4.69, 9.17) is 5.73 Å². The first-order valence-electron chi connectivity index (χ1n) is 11.8. The van der Waals surface area contributed by atoms with Crippen LogP contribution in [0.1, 0.15) is 40.7 Å². The summed E-state index contributed by atoms with van der Waals surface area (Å²) < 4.78 is 0. The lowest BCUT2D eigenvalue weighted by atomic mass is 9.96. The first-order valence-corrected chi connectivity index (χ1v) is 11.8. The van der Waals surface area contributed by atoms with Crippen LogP contribution < -0.4 is 21.7 Å². The van der Waals surface area contributed by atoms with Crippen LogP contribution in [0.5, 0.6) is 0 Å². The van der Waals surface area contributed by atoms with E-state index in [1.807, 2.05) is 50.3 Å². The maximum atomic E-state index is 12.9. The van der Waals surface area contributed by atoms with Crippen molar-refractivity contribution in [3.05, 3.63) is 71.3 Å². The summed E-state index contributed by atoms with van der Waals surface area (Å²) in [5.41, 5.74) is 7.78. The molecule has 2 aromatic rings. The molecule has 0 spiro atoms. The lowest BCUT2D eigenvalue weighted by Gasteiger charge is -2.19. The highest BCUT2D eigenvalue weighted by molar-refractivity contribution is 6.08. The van der Waals surface area contributed by atoms with Gasteiger partial charge in [-0.05, 0) is 43.5 Å². The van der Waals surface area contributed by atoms with Gasteiger partial charge >= 0.3 is 5.97 Å². The van der Waals surface area contributed by atoms with Gasteiger partial charge in [-0.3, -0.25) is 14.4 Å². The Bertz CT molecular complexity index is 985. The number of carbonyl (C=O) groups excluding carboxylic acids is 3. The van der Waals surface area contributed by atoms with Crippen LogP contribution in [0.15, 0.2) is 54.6 Å². The molecule has 186 valence electrons. The maximum Gasteiger partial charge on any atom is 0.326 e. The van der Waals surface area contributed by atoms with Crippen molar-refractivity contribution in [1.82, 2.24) is 16.0 Å². The minimum atomic E-state index is -1.15. The van der Waals surface area contributed by atoms with Gasteiger partial charge in [-0.1, -0.05) is 54.3 Å². The lowest BCUT2D eigenvalue weighted by molar-refractivity contribution is -0.142. The Kier molecular flexibility index (Phi) is 11.5. The molecule has 0 aliphatic heterocycles. The molecule has 0 saturated carbocycles. The smallest absolute Gasteiger partial charge is 0.326 e. The summed E-state index contributed by atoms with van der Waals surface area (Å²) in [6.45, 7) is 0.0273. The second-order valence-corrected chi connectivity index (χ2v) is 8.23. The zero-order valence-corrected chi connectivity index (χ0v) is 20.0. The minimum absolute atomic E-state index is 0.226. The molecule has 0 radical (unpaired) electrons. The number of carboxylic acids is 1. The number of amides is 3. The molecule has 6 N–H and O–H groups in total. The molecule has 9 nitrogen and oxygen atoms in total. The normalized spacial score (nSPS) is 12.3. The molecule has 0 fully saturated rings. The van der Waals surface area contributed by atoms with E-state index in [2.05, 4.69) is 16.0 Å². The largest absolute Gasteiger partial charge is 0.480 e. The quantitative estimate of drug-likeness (QED) is 0.189. The van der Waals surface area contributed by atoms with Crippen LogP contribution in [0.4, 0.5) is 0 Å². The van der Waals surface area contributed by atoms with Gasteiger partial charge in [0.1, 0.15) is 19.9 Å². The molecule has 35 heavy (non-hydrogen) atoms. The fraction of sp³-hybridized carbons (Fsp3) is 0.360. The summed E-state index contributed by atoms with van der Waals surface area (Å²) in [5, 5.41) is 17.0. The summed E-state index contributed by atoms with van der Waals surface area (Å²) in [7, 11) is 2.02. The van der Waals surface area contributed by atoms with Crippen LogP contribution in [0.2, 0.25) is 0 Å². The van der Waals surface area contributed by atoms with E-state index in [1.54, 1.807) is 12.1 Å².